The van der Waals surface area contributed by atoms with E-state index < -0.39 is 0 Å². The third kappa shape index (κ3) is 2.94. The Hall–Kier alpha value is -2.09. The fourth-order valence-electron chi connectivity index (χ4n) is 1.70. The number of hydrogen-bond acceptors (Lipinski definition) is 2. The van der Waals surface area contributed by atoms with Gasteiger partial charge in [-0.25, -0.2) is 0 Å². The predicted molar refractivity (Wildman–Crippen MR) is 70.3 cm³/mol. The molecule has 2 rings (SSSR count). The number of nitrogens with one attached hydrogen (secondary N) is 1. The molecular weight excluding hydrogens is 210 g/mol. The van der Waals surface area contributed by atoms with E-state index in [0.717, 1.165) is 5.56 Å². The zero-order chi connectivity index (χ0) is 12.1. The molecule has 0 saturated carbocycles. The van der Waals surface area contributed by atoms with Gasteiger partial charge in [-0.05, 0) is 16.7 Å². The molecule has 0 fully saturated rings. The number of hydrogen-bond donors (Lipinski definition) is 1. The summed E-state index contributed by atoms with van der Waals surface area (Å²) < 4.78 is 4.85. The summed E-state index contributed by atoms with van der Waals surface area (Å²) in [7, 11) is 1.53. The summed E-state index contributed by atoms with van der Waals surface area (Å²) in [6.45, 7) is 0. The van der Waals surface area contributed by atoms with Crippen LogP contribution in [0.1, 0.15) is 5.56 Å². The van der Waals surface area contributed by atoms with Gasteiger partial charge in [-0.2, -0.15) is 0 Å². The Morgan fingerprint density at radius 1 is 0.941 bits per heavy atom. The Kier molecular flexibility index (Phi) is 3.55. The number of benzene rings is 2. The summed E-state index contributed by atoms with van der Waals surface area (Å²) in [5.41, 5.74) is 3.50. The van der Waals surface area contributed by atoms with Gasteiger partial charge >= 0.3 is 0 Å². The van der Waals surface area contributed by atoms with Crippen LogP contribution < -0.4 is 0 Å². The van der Waals surface area contributed by atoms with Crippen molar-refractivity contribution in [2.45, 2.75) is 6.42 Å². The molecule has 0 unspecified atom stereocenters. The Morgan fingerprint density at radius 3 is 2.12 bits per heavy atom. The molecule has 0 spiro atoms. The minimum absolute atomic E-state index is 0.289. The highest BCUT2D eigenvalue weighted by molar-refractivity contribution is 5.75. The standard InChI is InChI=1S/C15H15NO/c1-17-15(16)11-12-7-9-14(10-8-12)13-5-3-2-4-6-13/h2-10,16H,11H2,1H3. The predicted octanol–water partition coefficient (Wildman–Crippen LogP) is 3.52. The fraction of sp³-hybridized carbons (Fsp3) is 0.133. The first-order valence-corrected chi connectivity index (χ1v) is 5.55. The fourth-order valence-corrected chi connectivity index (χ4v) is 1.70. The second-order valence-corrected chi connectivity index (χ2v) is 3.87. The van der Waals surface area contributed by atoms with E-state index in [2.05, 4.69) is 24.3 Å². The molecule has 0 heterocycles. The number of ether oxygens (including phenoxy) is 1. The summed E-state index contributed by atoms with van der Waals surface area (Å²) in [4.78, 5) is 0. The lowest BCUT2D eigenvalue weighted by Gasteiger charge is -2.05. The smallest absolute Gasteiger partial charge is 0.184 e. The molecule has 0 atom stereocenters. The lowest BCUT2D eigenvalue weighted by atomic mass is 10.0. The van der Waals surface area contributed by atoms with Crippen molar-refractivity contribution in [3.63, 3.8) is 0 Å². The molecule has 2 aromatic carbocycles. The molecule has 2 nitrogen and oxygen atoms in total. The first-order chi connectivity index (χ1) is 8.29. The van der Waals surface area contributed by atoms with Crippen LogP contribution in [-0.4, -0.2) is 13.0 Å². The summed E-state index contributed by atoms with van der Waals surface area (Å²) in [5.74, 6) is 0.289. The van der Waals surface area contributed by atoms with Gasteiger partial charge in [0, 0.05) is 6.42 Å². The molecule has 17 heavy (non-hydrogen) atoms. The highest BCUT2D eigenvalue weighted by Gasteiger charge is 2.00. The zero-order valence-electron chi connectivity index (χ0n) is 9.81. The van der Waals surface area contributed by atoms with Crippen molar-refractivity contribution in [1.29, 1.82) is 5.41 Å². The van der Waals surface area contributed by atoms with E-state index in [1.165, 1.54) is 18.2 Å². The lowest BCUT2D eigenvalue weighted by Crippen LogP contribution is -2.02. The highest BCUT2D eigenvalue weighted by Crippen LogP contribution is 2.19. The van der Waals surface area contributed by atoms with Crippen molar-refractivity contribution >= 4 is 5.90 Å². The Balaban J connectivity index is 2.16. The molecule has 0 aromatic heterocycles. The van der Waals surface area contributed by atoms with Crippen LogP contribution in [0, 0.1) is 5.41 Å². The molecule has 2 heteroatoms. The van der Waals surface area contributed by atoms with Gasteiger partial charge in [0.15, 0.2) is 5.90 Å². The molecule has 2 aromatic rings. The maximum Gasteiger partial charge on any atom is 0.184 e. The van der Waals surface area contributed by atoms with Crippen LogP contribution in [0.2, 0.25) is 0 Å². The second-order valence-electron chi connectivity index (χ2n) is 3.87. The van der Waals surface area contributed by atoms with Crippen molar-refractivity contribution in [3.8, 4) is 11.1 Å². The Bertz CT molecular complexity index is 488. The van der Waals surface area contributed by atoms with Crippen molar-refractivity contribution < 1.29 is 4.74 Å². The highest BCUT2D eigenvalue weighted by atomic mass is 16.5. The number of rotatable bonds is 3. The van der Waals surface area contributed by atoms with Gasteiger partial charge in [-0.1, -0.05) is 54.6 Å². The van der Waals surface area contributed by atoms with Crippen molar-refractivity contribution in [1.82, 2.24) is 0 Å². The molecule has 0 bridgehead atoms. The molecule has 0 aliphatic heterocycles. The van der Waals surface area contributed by atoms with Gasteiger partial charge in [-0.15, -0.1) is 0 Å². The van der Waals surface area contributed by atoms with Crippen LogP contribution in [0.3, 0.4) is 0 Å². The number of methoxy groups -OCH3 is 1. The quantitative estimate of drug-likeness (QED) is 0.629. The van der Waals surface area contributed by atoms with Crippen LogP contribution in [0.25, 0.3) is 11.1 Å². The normalized spacial score (nSPS) is 9.94. The SMILES string of the molecule is COC(=N)Cc1ccc(-c2ccccc2)cc1. The van der Waals surface area contributed by atoms with Crippen molar-refractivity contribution in [2.24, 2.45) is 0 Å². The van der Waals surface area contributed by atoms with Crippen molar-refractivity contribution in [3.05, 3.63) is 60.2 Å². The summed E-state index contributed by atoms with van der Waals surface area (Å²) >= 11 is 0. The molecule has 0 amide bonds. The molecule has 1 N–H and O–H groups in total. The molecule has 0 aliphatic carbocycles. The lowest BCUT2D eigenvalue weighted by molar-refractivity contribution is 0.390. The first kappa shape index (κ1) is 11.4. The van der Waals surface area contributed by atoms with E-state index in [0.29, 0.717) is 6.42 Å². The van der Waals surface area contributed by atoms with Gasteiger partial charge in [0.05, 0.1) is 7.11 Å². The van der Waals surface area contributed by atoms with Gasteiger partial charge in [0.2, 0.25) is 0 Å². The zero-order valence-corrected chi connectivity index (χ0v) is 9.81. The molecule has 0 radical (unpaired) electrons. The topological polar surface area (TPSA) is 33.1 Å². The van der Waals surface area contributed by atoms with Crippen LogP contribution in [0.4, 0.5) is 0 Å². The minimum atomic E-state index is 0.289. The van der Waals surface area contributed by atoms with Crippen LogP contribution in [0.15, 0.2) is 54.6 Å². The summed E-state index contributed by atoms with van der Waals surface area (Å²) in [6, 6.07) is 18.5. The van der Waals surface area contributed by atoms with E-state index in [4.69, 9.17) is 10.1 Å². The van der Waals surface area contributed by atoms with Crippen LogP contribution in [0.5, 0.6) is 0 Å². The molecular formula is C15H15NO. The summed E-state index contributed by atoms with van der Waals surface area (Å²) in [6.07, 6.45) is 0.547. The van der Waals surface area contributed by atoms with Gasteiger partial charge in [0.1, 0.15) is 0 Å². The molecule has 0 saturated heterocycles. The van der Waals surface area contributed by atoms with E-state index in [1.807, 2.05) is 30.3 Å². The second kappa shape index (κ2) is 5.30. The summed E-state index contributed by atoms with van der Waals surface area (Å²) in [5, 5.41) is 7.47. The van der Waals surface area contributed by atoms with E-state index in [-0.39, 0.29) is 5.90 Å². The maximum absolute atomic E-state index is 7.47. The van der Waals surface area contributed by atoms with E-state index in [1.54, 1.807) is 0 Å². The van der Waals surface area contributed by atoms with Gasteiger partial charge < -0.3 is 4.74 Å². The van der Waals surface area contributed by atoms with Crippen molar-refractivity contribution in [2.75, 3.05) is 7.11 Å². The van der Waals surface area contributed by atoms with Crippen LogP contribution in [-0.2, 0) is 11.2 Å². The average molecular weight is 225 g/mol. The average Bonchev–Trinajstić information content (AvgIpc) is 2.40. The minimum Gasteiger partial charge on any atom is -0.484 e. The first-order valence-electron chi connectivity index (χ1n) is 5.55. The van der Waals surface area contributed by atoms with Crippen LogP contribution >= 0.6 is 0 Å². The third-order valence-corrected chi connectivity index (χ3v) is 2.67. The Morgan fingerprint density at radius 2 is 1.53 bits per heavy atom. The maximum atomic E-state index is 7.47. The molecule has 86 valence electrons. The third-order valence-electron chi connectivity index (χ3n) is 2.67. The molecule has 0 aliphatic rings. The monoisotopic (exact) mass is 225 g/mol. The van der Waals surface area contributed by atoms with Gasteiger partial charge in [-0.3, -0.25) is 5.41 Å². The Labute approximate surface area is 101 Å². The van der Waals surface area contributed by atoms with E-state index in [9.17, 15) is 0 Å². The van der Waals surface area contributed by atoms with Gasteiger partial charge in [0.25, 0.3) is 0 Å². The largest absolute Gasteiger partial charge is 0.484 e. The van der Waals surface area contributed by atoms with E-state index >= 15 is 0 Å².